The van der Waals surface area contributed by atoms with Crippen molar-refractivity contribution in [3.63, 3.8) is 0 Å². The van der Waals surface area contributed by atoms with Crippen molar-refractivity contribution in [2.24, 2.45) is 0 Å². The van der Waals surface area contributed by atoms with Crippen LogP contribution in [0.1, 0.15) is 22.8 Å². The number of rotatable bonds is 4. The first kappa shape index (κ1) is 13.6. The minimum absolute atomic E-state index is 0.149. The zero-order valence-electron chi connectivity index (χ0n) is 11.1. The molecule has 0 aliphatic carbocycles. The minimum Gasteiger partial charge on any atom is -0.490 e. The quantitative estimate of drug-likeness (QED) is 0.910. The van der Waals surface area contributed by atoms with E-state index in [2.05, 4.69) is 0 Å². The second kappa shape index (κ2) is 5.85. The number of ether oxygens (including phenoxy) is 1. The largest absolute Gasteiger partial charge is 0.490 e. The third-order valence-corrected chi connectivity index (χ3v) is 2.96. The number of halogens is 1. The van der Waals surface area contributed by atoms with Crippen LogP contribution in [0.2, 0.25) is 0 Å². The predicted molar refractivity (Wildman–Crippen MR) is 72.8 cm³/mol. The van der Waals surface area contributed by atoms with Gasteiger partial charge >= 0.3 is 0 Å². The third kappa shape index (κ3) is 3.55. The van der Waals surface area contributed by atoms with Gasteiger partial charge in [-0.2, -0.15) is 0 Å². The van der Waals surface area contributed by atoms with Crippen molar-refractivity contribution in [1.29, 1.82) is 0 Å². The van der Waals surface area contributed by atoms with Crippen LogP contribution in [0.5, 0.6) is 5.75 Å². The molecule has 19 heavy (non-hydrogen) atoms. The molecule has 100 valence electrons. The highest BCUT2D eigenvalue weighted by Crippen LogP contribution is 2.21. The Morgan fingerprint density at radius 2 is 1.95 bits per heavy atom. The van der Waals surface area contributed by atoms with Gasteiger partial charge in [-0.05, 0) is 43.2 Å². The van der Waals surface area contributed by atoms with Gasteiger partial charge in [-0.25, -0.2) is 4.39 Å². The first-order valence-corrected chi connectivity index (χ1v) is 6.20. The molecule has 0 spiro atoms. The van der Waals surface area contributed by atoms with Crippen LogP contribution in [-0.4, -0.2) is 11.7 Å². The Labute approximate surface area is 112 Å². The molecule has 0 aromatic heterocycles. The van der Waals surface area contributed by atoms with Crippen LogP contribution in [0.4, 0.5) is 4.39 Å². The Kier molecular flexibility index (Phi) is 4.17. The summed E-state index contributed by atoms with van der Waals surface area (Å²) in [4.78, 5) is 0. The maximum absolute atomic E-state index is 13.0. The fraction of sp³-hybridized carbons (Fsp3) is 0.250. The third-order valence-electron chi connectivity index (χ3n) is 2.96. The van der Waals surface area contributed by atoms with Crippen LogP contribution in [0, 0.1) is 19.7 Å². The molecule has 0 aliphatic rings. The summed E-state index contributed by atoms with van der Waals surface area (Å²) in [5.74, 6) is 0.303. The lowest BCUT2D eigenvalue weighted by atomic mass is 10.1. The van der Waals surface area contributed by atoms with Crippen molar-refractivity contribution in [3.05, 3.63) is 65.0 Å². The van der Waals surface area contributed by atoms with Crippen LogP contribution < -0.4 is 4.74 Å². The van der Waals surface area contributed by atoms with E-state index in [-0.39, 0.29) is 12.4 Å². The number of benzene rings is 2. The van der Waals surface area contributed by atoms with Gasteiger partial charge in [0.25, 0.3) is 0 Å². The van der Waals surface area contributed by atoms with Gasteiger partial charge in [0.1, 0.15) is 24.3 Å². The SMILES string of the molecule is Cc1cccc(C(O)COc2ccc(F)cc2C)c1. The molecule has 0 fully saturated rings. The molecule has 1 atom stereocenters. The molecule has 1 unspecified atom stereocenters. The van der Waals surface area contributed by atoms with Gasteiger partial charge in [-0.3, -0.25) is 0 Å². The molecule has 3 heteroatoms. The fourth-order valence-electron chi connectivity index (χ4n) is 1.92. The molecule has 0 saturated heterocycles. The topological polar surface area (TPSA) is 29.5 Å². The van der Waals surface area contributed by atoms with Crippen molar-refractivity contribution < 1.29 is 14.2 Å². The Hall–Kier alpha value is -1.87. The molecule has 0 heterocycles. The van der Waals surface area contributed by atoms with Gasteiger partial charge in [0.05, 0.1) is 0 Å². The number of hydrogen-bond donors (Lipinski definition) is 1. The van der Waals surface area contributed by atoms with Crippen LogP contribution in [0.25, 0.3) is 0 Å². The number of aryl methyl sites for hydroxylation is 2. The van der Waals surface area contributed by atoms with Crippen molar-refractivity contribution in [1.82, 2.24) is 0 Å². The smallest absolute Gasteiger partial charge is 0.123 e. The molecule has 0 amide bonds. The van der Waals surface area contributed by atoms with E-state index in [1.54, 1.807) is 13.0 Å². The Morgan fingerprint density at radius 3 is 2.63 bits per heavy atom. The van der Waals surface area contributed by atoms with Crippen LogP contribution in [0.3, 0.4) is 0 Å². The molecule has 1 N–H and O–H groups in total. The first-order valence-electron chi connectivity index (χ1n) is 6.20. The maximum atomic E-state index is 13.0. The van der Waals surface area contributed by atoms with E-state index in [1.165, 1.54) is 12.1 Å². The van der Waals surface area contributed by atoms with E-state index in [4.69, 9.17) is 4.74 Å². The van der Waals surface area contributed by atoms with Gasteiger partial charge in [-0.1, -0.05) is 29.8 Å². The Balaban J connectivity index is 2.02. The number of aliphatic hydroxyl groups excluding tert-OH is 1. The normalized spacial score (nSPS) is 12.2. The highest BCUT2D eigenvalue weighted by Gasteiger charge is 2.09. The Bertz CT molecular complexity index is 566. The van der Waals surface area contributed by atoms with Crippen LogP contribution in [-0.2, 0) is 0 Å². The van der Waals surface area contributed by atoms with E-state index in [1.807, 2.05) is 31.2 Å². The van der Waals surface area contributed by atoms with Gasteiger partial charge in [0.15, 0.2) is 0 Å². The summed E-state index contributed by atoms with van der Waals surface area (Å²) in [7, 11) is 0. The molecular weight excluding hydrogens is 243 g/mol. The van der Waals surface area contributed by atoms with Crippen LogP contribution >= 0.6 is 0 Å². The zero-order chi connectivity index (χ0) is 13.8. The summed E-state index contributed by atoms with van der Waals surface area (Å²) < 4.78 is 18.5. The summed E-state index contributed by atoms with van der Waals surface area (Å²) in [6, 6.07) is 12.0. The first-order chi connectivity index (χ1) is 9.06. The molecule has 2 aromatic carbocycles. The van der Waals surface area contributed by atoms with E-state index in [0.29, 0.717) is 5.75 Å². The Morgan fingerprint density at radius 1 is 1.16 bits per heavy atom. The summed E-state index contributed by atoms with van der Waals surface area (Å²) >= 11 is 0. The summed E-state index contributed by atoms with van der Waals surface area (Å²) in [5.41, 5.74) is 2.63. The molecule has 2 nitrogen and oxygen atoms in total. The van der Waals surface area contributed by atoms with Gasteiger partial charge in [0.2, 0.25) is 0 Å². The van der Waals surface area contributed by atoms with Crippen molar-refractivity contribution in [2.75, 3.05) is 6.61 Å². The molecule has 0 radical (unpaired) electrons. The second-order valence-electron chi connectivity index (χ2n) is 4.65. The lowest BCUT2D eigenvalue weighted by molar-refractivity contribution is 0.107. The molecular formula is C16H17FO2. The summed E-state index contributed by atoms with van der Waals surface area (Å²) in [5, 5.41) is 10.1. The lowest BCUT2D eigenvalue weighted by Crippen LogP contribution is -2.10. The van der Waals surface area contributed by atoms with E-state index in [0.717, 1.165) is 16.7 Å². The van der Waals surface area contributed by atoms with E-state index < -0.39 is 6.10 Å². The van der Waals surface area contributed by atoms with Gasteiger partial charge in [-0.15, -0.1) is 0 Å². The second-order valence-corrected chi connectivity index (χ2v) is 4.65. The highest BCUT2D eigenvalue weighted by molar-refractivity contribution is 5.32. The van der Waals surface area contributed by atoms with Crippen molar-refractivity contribution in [3.8, 4) is 5.75 Å². The average molecular weight is 260 g/mol. The van der Waals surface area contributed by atoms with Gasteiger partial charge < -0.3 is 9.84 Å². The number of aliphatic hydroxyl groups is 1. The predicted octanol–water partition coefficient (Wildman–Crippen LogP) is 3.55. The summed E-state index contributed by atoms with van der Waals surface area (Å²) in [6.07, 6.45) is -0.690. The minimum atomic E-state index is -0.690. The molecule has 2 rings (SSSR count). The molecule has 0 saturated carbocycles. The van der Waals surface area contributed by atoms with E-state index >= 15 is 0 Å². The lowest BCUT2D eigenvalue weighted by Gasteiger charge is -2.14. The highest BCUT2D eigenvalue weighted by atomic mass is 19.1. The number of hydrogen-bond acceptors (Lipinski definition) is 2. The standard InChI is InChI=1S/C16H17FO2/c1-11-4-3-5-13(8-11)15(18)10-19-16-7-6-14(17)9-12(16)2/h3-9,15,18H,10H2,1-2H3. The summed E-state index contributed by atoms with van der Waals surface area (Å²) in [6.45, 7) is 3.90. The molecule has 2 aromatic rings. The van der Waals surface area contributed by atoms with E-state index in [9.17, 15) is 9.50 Å². The van der Waals surface area contributed by atoms with Crippen molar-refractivity contribution >= 4 is 0 Å². The maximum Gasteiger partial charge on any atom is 0.123 e. The average Bonchev–Trinajstić information content (AvgIpc) is 2.37. The zero-order valence-corrected chi connectivity index (χ0v) is 11.1. The van der Waals surface area contributed by atoms with Gasteiger partial charge in [0, 0.05) is 0 Å². The molecule has 0 aliphatic heterocycles. The molecule has 0 bridgehead atoms. The fourth-order valence-corrected chi connectivity index (χ4v) is 1.92. The monoisotopic (exact) mass is 260 g/mol. The van der Waals surface area contributed by atoms with Crippen molar-refractivity contribution in [2.45, 2.75) is 20.0 Å². The van der Waals surface area contributed by atoms with Crippen LogP contribution in [0.15, 0.2) is 42.5 Å².